The normalized spacial score (nSPS) is 20.6. The van der Waals surface area contributed by atoms with Gasteiger partial charge in [-0.05, 0) is 41.0 Å². The monoisotopic (exact) mass is 368 g/mol. The Hall–Kier alpha value is -1.39. The number of hydrogen-bond acceptors (Lipinski definition) is 1. The van der Waals surface area contributed by atoms with Crippen molar-refractivity contribution in [3.63, 3.8) is 0 Å². The van der Waals surface area contributed by atoms with E-state index in [2.05, 4.69) is 25.7 Å². The van der Waals surface area contributed by atoms with Gasteiger partial charge in [-0.15, -0.1) is 0 Å². The summed E-state index contributed by atoms with van der Waals surface area (Å²) in [6.07, 6.45) is 1.54. The molecule has 2 aliphatic rings. The van der Waals surface area contributed by atoms with Crippen molar-refractivity contribution in [3.8, 4) is 0 Å². The molecule has 0 saturated carbocycles. The van der Waals surface area contributed by atoms with E-state index in [1.165, 1.54) is 29.5 Å². The lowest BCUT2D eigenvalue weighted by molar-refractivity contribution is -0.137. The highest BCUT2D eigenvalue weighted by Gasteiger charge is 2.37. The van der Waals surface area contributed by atoms with Gasteiger partial charge in [0.15, 0.2) is 0 Å². The van der Waals surface area contributed by atoms with Gasteiger partial charge in [0.1, 0.15) is 0 Å². The second kappa shape index (κ2) is 6.49. The van der Waals surface area contributed by atoms with Gasteiger partial charge in [0.05, 0.1) is 5.56 Å². The van der Waals surface area contributed by atoms with Crippen LogP contribution in [0.1, 0.15) is 30.9 Å². The van der Waals surface area contributed by atoms with Crippen molar-refractivity contribution < 1.29 is 13.2 Å². The van der Waals surface area contributed by atoms with E-state index in [-0.39, 0.29) is 11.5 Å². The molecule has 1 aromatic carbocycles. The molecule has 1 aliphatic carbocycles. The highest BCUT2D eigenvalue weighted by Crippen LogP contribution is 2.55. The van der Waals surface area contributed by atoms with Crippen LogP contribution in [-0.4, -0.2) is 0 Å². The van der Waals surface area contributed by atoms with Crippen molar-refractivity contribution in [2.45, 2.75) is 25.9 Å². The lowest BCUT2D eigenvalue weighted by Crippen LogP contribution is -2.08. The van der Waals surface area contributed by atoms with Gasteiger partial charge < -0.3 is 0 Å². The van der Waals surface area contributed by atoms with Gasteiger partial charge in [0, 0.05) is 15.9 Å². The van der Waals surface area contributed by atoms with Gasteiger partial charge in [0.2, 0.25) is 0 Å². The smallest absolute Gasteiger partial charge is 0.166 e. The highest BCUT2D eigenvalue weighted by atomic mass is 35.5. The Morgan fingerprint density at radius 3 is 2.71 bits per heavy atom. The first kappa shape index (κ1) is 17.4. The molecule has 0 aromatic heterocycles. The molecule has 126 valence electrons. The Bertz CT molecular complexity index is 784. The van der Waals surface area contributed by atoms with E-state index in [0.29, 0.717) is 15.5 Å². The van der Waals surface area contributed by atoms with Crippen molar-refractivity contribution in [2.24, 2.45) is 5.92 Å². The van der Waals surface area contributed by atoms with E-state index < -0.39 is 11.7 Å². The van der Waals surface area contributed by atoms with Crippen LogP contribution >= 0.6 is 23.4 Å². The second-order valence-corrected chi connectivity index (χ2v) is 7.26. The third-order valence-corrected chi connectivity index (χ3v) is 6.14. The summed E-state index contributed by atoms with van der Waals surface area (Å²) in [5.41, 5.74) is 0.990. The number of benzene rings is 1. The molecule has 1 heterocycles. The summed E-state index contributed by atoms with van der Waals surface area (Å²) >= 11 is 7.95. The maximum absolute atomic E-state index is 13.3. The molecule has 1 atom stereocenters. The summed E-state index contributed by atoms with van der Waals surface area (Å²) in [5.74, 6) is 0.0526. The first-order valence-electron chi connectivity index (χ1n) is 7.67. The SMILES string of the molecule is C=C(C1=C(Cl)C2CC=C(CC)C=C2S1)c1ccccc1C(F)(F)F. The molecule has 0 spiro atoms. The number of hydrogen-bond donors (Lipinski definition) is 0. The fraction of sp³-hybridized carbons (Fsp3) is 0.263. The van der Waals surface area contributed by atoms with Crippen molar-refractivity contribution in [2.75, 3.05) is 0 Å². The minimum Gasteiger partial charge on any atom is -0.166 e. The van der Waals surface area contributed by atoms with Crippen LogP contribution in [0, 0.1) is 5.92 Å². The number of allylic oxidation sites excluding steroid dienone is 6. The minimum absolute atomic E-state index is 0.0526. The van der Waals surface area contributed by atoms with Gasteiger partial charge in [-0.2, -0.15) is 13.2 Å². The van der Waals surface area contributed by atoms with E-state index in [9.17, 15) is 13.2 Å². The Morgan fingerprint density at radius 2 is 2.04 bits per heavy atom. The van der Waals surface area contributed by atoms with Gasteiger partial charge in [-0.25, -0.2) is 0 Å². The largest absolute Gasteiger partial charge is 0.417 e. The lowest BCUT2D eigenvalue weighted by atomic mass is 9.93. The summed E-state index contributed by atoms with van der Waals surface area (Å²) in [5, 5.41) is 0.597. The average Bonchev–Trinajstić information content (AvgIpc) is 2.89. The fourth-order valence-electron chi connectivity index (χ4n) is 2.95. The van der Waals surface area contributed by atoms with Gasteiger partial charge in [-0.1, -0.05) is 66.7 Å². The van der Waals surface area contributed by atoms with Crippen molar-refractivity contribution >= 4 is 28.9 Å². The summed E-state index contributed by atoms with van der Waals surface area (Å²) in [6.45, 7) is 6.00. The lowest BCUT2D eigenvalue weighted by Gasteiger charge is -2.16. The summed E-state index contributed by atoms with van der Waals surface area (Å²) in [6, 6.07) is 5.51. The molecule has 1 aliphatic heterocycles. The molecule has 0 radical (unpaired) electrons. The molecule has 24 heavy (non-hydrogen) atoms. The third kappa shape index (κ3) is 3.09. The maximum atomic E-state index is 13.3. The molecule has 0 nitrogen and oxygen atoms in total. The molecular formula is C19H16ClF3S. The predicted octanol–water partition coefficient (Wildman–Crippen LogP) is 7.16. The minimum atomic E-state index is -4.42. The Labute approximate surface area is 148 Å². The number of thioether (sulfide) groups is 1. The molecule has 3 rings (SSSR count). The van der Waals surface area contributed by atoms with Crippen LogP contribution in [0.3, 0.4) is 0 Å². The van der Waals surface area contributed by atoms with Crippen LogP contribution in [-0.2, 0) is 6.18 Å². The highest BCUT2D eigenvalue weighted by molar-refractivity contribution is 8.07. The zero-order valence-electron chi connectivity index (χ0n) is 13.1. The average molecular weight is 369 g/mol. The maximum Gasteiger partial charge on any atom is 0.417 e. The van der Waals surface area contributed by atoms with Crippen LogP contribution in [0.5, 0.6) is 0 Å². The van der Waals surface area contributed by atoms with E-state index in [0.717, 1.165) is 23.8 Å². The molecule has 0 bridgehead atoms. The Kier molecular flexibility index (Phi) is 4.71. The Balaban J connectivity index is 1.97. The molecule has 0 saturated heterocycles. The standard InChI is InChI=1S/C19H16ClF3S/c1-3-12-8-9-14-16(10-12)24-18(17(14)20)11(2)13-6-4-5-7-15(13)19(21,22)23/h4-8,10,14H,2-3,9H2,1H3. The van der Waals surface area contributed by atoms with Crippen LogP contribution in [0.25, 0.3) is 5.57 Å². The second-order valence-electron chi connectivity index (χ2n) is 5.77. The first-order chi connectivity index (χ1) is 11.3. The van der Waals surface area contributed by atoms with Gasteiger partial charge in [-0.3, -0.25) is 0 Å². The first-order valence-corrected chi connectivity index (χ1v) is 8.86. The van der Waals surface area contributed by atoms with E-state index >= 15 is 0 Å². The summed E-state index contributed by atoms with van der Waals surface area (Å²) < 4.78 is 39.8. The summed E-state index contributed by atoms with van der Waals surface area (Å²) in [4.78, 5) is 1.75. The molecule has 0 fully saturated rings. The van der Waals surface area contributed by atoms with Crippen LogP contribution < -0.4 is 0 Å². The van der Waals surface area contributed by atoms with Crippen molar-refractivity contribution in [3.05, 3.63) is 74.5 Å². The molecular weight excluding hydrogens is 353 g/mol. The van der Waals surface area contributed by atoms with E-state index in [4.69, 9.17) is 11.6 Å². The summed E-state index contributed by atoms with van der Waals surface area (Å²) in [7, 11) is 0. The number of halogens is 4. The number of rotatable bonds is 3. The molecule has 0 N–H and O–H groups in total. The van der Waals surface area contributed by atoms with Crippen LogP contribution in [0.4, 0.5) is 13.2 Å². The zero-order chi connectivity index (χ0) is 17.5. The van der Waals surface area contributed by atoms with Crippen molar-refractivity contribution in [1.29, 1.82) is 0 Å². The van der Waals surface area contributed by atoms with Crippen molar-refractivity contribution in [1.82, 2.24) is 0 Å². The fourth-order valence-corrected chi connectivity index (χ4v) is 4.73. The van der Waals surface area contributed by atoms with Gasteiger partial charge >= 0.3 is 6.18 Å². The molecule has 0 amide bonds. The zero-order valence-corrected chi connectivity index (χ0v) is 14.7. The molecule has 1 aromatic rings. The van der Waals surface area contributed by atoms with Crippen LogP contribution in [0.2, 0.25) is 0 Å². The van der Waals surface area contributed by atoms with Crippen LogP contribution in [0.15, 0.2) is 63.4 Å². The van der Waals surface area contributed by atoms with E-state index in [1.54, 1.807) is 6.07 Å². The number of alkyl halides is 3. The predicted molar refractivity (Wildman–Crippen MR) is 95.5 cm³/mol. The number of fused-ring (bicyclic) bond motifs is 1. The van der Waals surface area contributed by atoms with E-state index in [1.807, 2.05) is 0 Å². The quantitative estimate of drug-likeness (QED) is 0.545. The molecule has 5 heteroatoms. The Morgan fingerprint density at radius 1 is 1.33 bits per heavy atom. The van der Waals surface area contributed by atoms with Gasteiger partial charge in [0.25, 0.3) is 0 Å². The topological polar surface area (TPSA) is 0 Å². The molecule has 1 unspecified atom stereocenters. The third-order valence-electron chi connectivity index (χ3n) is 4.27.